The lowest BCUT2D eigenvalue weighted by molar-refractivity contribution is 0.327. The van der Waals surface area contributed by atoms with Gasteiger partial charge in [0.15, 0.2) is 5.82 Å². The Hall–Kier alpha value is -0.970. The van der Waals surface area contributed by atoms with E-state index in [2.05, 4.69) is 20.8 Å². The van der Waals surface area contributed by atoms with Crippen molar-refractivity contribution in [2.75, 3.05) is 7.05 Å². The molecule has 2 atom stereocenters. The van der Waals surface area contributed by atoms with Gasteiger partial charge in [0.1, 0.15) is 0 Å². The van der Waals surface area contributed by atoms with Gasteiger partial charge in [0.2, 0.25) is 0 Å². The summed E-state index contributed by atoms with van der Waals surface area (Å²) in [5.41, 5.74) is 0. The molecule has 2 unspecified atom stereocenters. The van der Waals surface area contributed by atoms with Gasteiger partial charge in [-0.15, -0.1) is 5.10 Å². The Morgan fingerprint density at radius 2 is 2.14 bits per heavy atom. The maximum Gasteiger partial charge on any atom is 0.155 e. The molecular formula is C9H17N5. The first-order valence-electron chi connectivity index (χ1n) is 5.22. The highest BCUT2D eigenvalue weighted by molar-refractivity contribution is 5.01. The summed E-state index contributed by atoms with van der Waals surface area (Å²) < 4.78 is 1.79. The average molecular weight is 195 g/mol. The van der Waals surface area contributed by atoms with E-state index >= 15 is 0 Å². The molecule has 78 valence electrons. The van der Waals surface area contributed by atoms with E-state index in [0.717, 1.165) is 5.82 Å². The van der Waals surface area contributed by atoms with E-state index in [4.69, 9.17) is 0 Å². The summed E-state index contributed by atoms with van der Waals surface area (Å²) in [6, 6.07) is 0.536. The molecule has 2 rings (SSSR count). The van der Waals surface area contributed by atoms with Crippen molar-refractivity contribution in [3.63, 3.8) is 0 Å². The summed E-state index contributed by atoms with van der Waals surface area (Å²) >= 11 is 0. The molecule has 1 N–H and O–H groups in total. The van der Waals surface area contributed by atoms with Crippen LogP contribution in [0.3, 0.4) is 0 Å². The van der Waals surface area contributed by atoms with Crippen LogP contribution in [0, 0.1) is 0 Å². The van der Waals surface area contributed by atoms with Crippen molar-refractivity contribution in [3.05, 3.63) is 5.82 Å². The SMILES string of the molecule is CNC1CCCCC1c1nnnn1C. The van der Waals surface area contributed by atoms with Crippen LogP contribution in [0.4, 0.5) is 0 Å². The van der Waals surface area contributed by atoms with E-state index in [1.54, 1.807) is 4.68 Å². The van der Waals surface area contributed by atoms with Crippen LogP contribution in [0.25, 0.3) is 0 Å². The third-order valence-corrected chi connectivity index (χ3v) is 3.12. The summed E-state index contributed by atoms with van der Waals surface area (Å²) in [6.07, 6.45) is 5.02. The Labute approximate surface area is 83.9 Å². The number of hydrogen-bond acceptors (Lipinski definition) is 4. The van der Waals surface area contributed by atoms with Crippen LogP contribution in [-0.2, 0) is 7.05 Å². The van der Waals surface area contributed by atoms with E-state index in [1.807, 2.05) is 14.1 Å². The molecule has 1 aromatic rings. The third kappa shape index (κ3) is 1.64. The minimum absolute atomic E-state index is 0.480. The van der Waals surface area contributed by atoms with Gasteiger partial charge in [-0.1, -0.05) is 12.8 Å². The van der Waals surface area contributed by atoms with Crippen LogP contribution in [-0.4, -0.2) is 33.3 Å². The standard InChI is InChI=1S/C9H17N5/c1-10-8-6-4-3-5-7(8)9-11-12-13-14(9)2/h7-8,10H,3-6H2,1-2H3. The fourth-order valence-corrected chi connectivity index (χ4v) is 2.34. The zero-order valence-corrected chi connectivity index (χ0v) is 8.77. The monoisotopic (exact) mass is 195 g/mol. The molecule has 0 amide bonds. The van der Waals surface area contributed by atoms with Gasteiger partial charge in [-0.25, -0.2) is 4.68 Å². The molecule has 0 bridgehead atoms. The first-order chi connectivity index (χ1) is 6.83. The summed E-state index contributed by atoms with van der Waals surface area (Å²) in [6.45, 7) is 0. The number of aromatic nitrogens is 4. The minimum Gasteiger partial charge on any atom is -0.316 e. The Bertz CT molecular complexity index is 295. The number of nitrogens with zero attached hydrogens (tertiary/aromatic N) is 4. The number of likely N-dealkylation sites (N-methyl/N-ethyl adjacent to an activating group) is 1. The molecule has 1 fully saturated rings. The second kappa shape index (κ2) is 4.04. The Morgan fingerprint density at radius 3 is 2.79 bits per heavy atom. The molecule has 1 heterocycles. The molecule has 0 saturated heterocycles. The Balaban J connectivity index is 2.19. The predicted octanol–water partition coefficient (Wildman–Crippen LogP) is 0.456. The lowest BCUT2D eigenvalue weighted by Crippen LogP contribution is -2.35. The van der Waals surface area contributed by atoms with Crippen LogP contribution in [0.2, 0.25) is 0 Å². The van der Waals surface area contributed by atoms with Crippen LogP contribution in [0.5, 0.6) is 0 Å². The lowest BCUT2D eigenvalue weighted by atomic mass is 9.84. The highest BCUT2D eigenvalue weighted by atomic mass is 15.5. The molecule has 0 radical (unpaired) electrons. The predicted molar refractivity (Wildman–Crippen MR) is 52.9 cm³/mol. The van der Waals surface area contributed by atoms with Crippen molar-refractivity contribution in [1.82, 2.24) is 25.5 Å². The number of tetrazole rings is 1. The van der Waals surface area contributed by atoms with Crippen LogP contribution in [0.1, 0.15) is 37.4 Å². The molecule has 1 aromatic heterocycles. The number of hydrogen-bond donors (Lipinski definition) is 1. The third-order valence-electron chi connectivity index (χ3n) is 3.12. The number of aryl methyl sites for hydroxylation is 1. The van der Waals surface area contributed by atoms with Crippen LogP contribution < -0.4 is 5.32 Å². The topological polar surface area (TPSA) is 55.6 Å². The van der Waals surface area contributed by atoms with Crippen LogP contribution in [0.15, 0.2) is 0 Å². The van der Waals surface area contributed by atoms with Gasteiger partial charge in [0, 0.05) is 19.0 Å². The summed E-state index contributed by atoms with van der Waals surface area (Å²) in [5, 5.41) is 15.0. The quantitative estimate of drug-likeness (QED) is 0.744. The average Bonchev–Trinajstić information content (AvgIpc) is 2.64. The highest BCUT2D eigenvalue weighted by Crippen LogP contribution is 2.30. The molecule has 0 spiro atoms. The van der Waals surface area contributed by atoms with Crippen molar-refractivity contribution >= 4 is 0 Å². The zero-order valence-electron chi connectivity index (χ0n) is 8.77. The molecule has 5 nitrogen and oxygen atoms in total. The van der Waals surface area contributed by atoms with Gasteiger partial charge in [-0.05, 0) is 30.3 Å². The summed E-state index contributed by atoms with van der Waals surface area (Å²) in [4.78, 5) is 0. The molecular weight excluding hydrogens is 178 g/mol. The molecule has 0 aliphatic heterocycles. The van der Waals surface area contributed by atoms with Gasteiger partial charge in [0.25, 0.3) is 0 Å². The molecule has 1 aliphatic rings. The van der Waals surface area contributed by atoms with Gasteiger partial charge in [-0.2, -0.15) is 0 Å². The van der Waals surface area contributed by atoms with Crippen molar-refractivity contribution < 1.29 is 0 Å². The van der Waals surface area contributed by atoms with E-state index in [0.29, 0.717) is 12.0 Å². The largest absolute Gasteiger partial charge is 0.316 e. The zero-order chi connectivity index (χ0) is 9.97. The second-order valence-electron chi connectivity index (χ2n) is 3.95. The van der Waals surface area contributed by atoms with Crippen molar-refractivity contribution in [3.8, 4) is 0 Å². The highest BCUT2D eigenvalue weighted by Gasteiger charge is 2.28. The van der Waals surface area contributed by atoms with E-state index < -0.39 is 0 Å². The fraction of sp³-hybridized carbons (Fsp3) is 0.889. The maximum atomic E-state index is 4.10. The lowest BCUT2D eigenvalue weighted by Gasteiger charge is -2.29. The first kappa shape index (κ1) is 9.58. The van der Waals surface area contributed by atoms with Gasteiger partial charge < -0.3 is 5.32 Å². The van der Waals surface area contributed by atoms with E-state index in [1.165, 1.54) is 25.7 Å². The van der Waals surface area contributed by atoms with Crippen molar-refractivity contribution in [1.29, 1.82) is 0 Å². The number of rotatable bonds is 2. The molecule has 1 aliphatic carbocycles. The molecule has 1 saturated carbocycles. The van der Waals surface area contributed by atoms with Gasteiger partial charge >= 0.3 is 0 Å². The Kier molecular flexibility index (Phi) is 2.77. The maximum absolute atomic E-state index is 4.10. The summed E-state index contributed by atoms with van der Waals surface area (Å²) in [7, 11) is 3.93. The molecule has 0 aromatic carbocycles. The van der Waals surface area contributed by atoms with Gasteiger partial charge in [0.05, 0.1) is 0 Å². The summed E-state index contributed by atoms with van der Waals surface area (Å²) in [5.74, 6) is 1.50. The first-order valence-corrected chi connectivity index (χ1v) is 5.22. The second-order valence-corrected chi connectivity index (χ2v) is 3.95. The van der Waals surface area contributed by atoms with Crippen LogP contribution >= 0.6 is 0 Å². The Morgan fingerprint density at radius 1 is 1.36 bits per heavy atom. The number of nitrogens with one attached hydrogen (secondary N) is 1. The molecule has 14 heavy (non-hydrogen) atoms. The van der Waals surface area contributed by atoms with Gasteiger partial charge in [-0.3, -0.25) is 0 Å². The minimum atomic E-state index is 0.480. The fourth-order valence-electron chi connectivity index (χ4n) is 2.34. The molecule has 5 heteroatoms. The van der Waals surface area contributed by atoms with E-state index in [-0.39, 0.29) is 0 Å². The van der Waals surface area contributed by atoms with E-state index in [9.17, 15) is 0 Å². The van der Waals surface area contributed by atoms with Crippen molar-refractivity contribution in [2.45, 2.75) is 37.6 Å². The normalized spacial score (nSPS) is 27.9. The van der Waals surface area contributed by atoms with Crippen molar-refractivity contribution in [2.24, 2.45) is 7.05 Å². The smallest absolute Gasteiger partial charge is 0.155 e.